The molecule has 2 aromatic carbocycles. The highest BCUT2D eigenvalue weighted by molar-refractivity contribution is 5.78. The van der Waals surface area contributed by atoms with Crippen molar-refractivity contribution in [1.29, 1.82) is 0 Å². The van der Waals surface area contributed by atoms with Gasteiger partial charge in [0.25, 0.3) is 5.56 Å². The first-order valence-electron chi connectivity index (χ1n) is 8.55. The number of hydrogen-bond acceptors (Lipinski definition) is 3. The van der Waals surface area contributed by atoms with E-state index in [0.717, 1.165) is 12.1 Å². The molecule has 0 aliphatic carbocycles. The van der Waals surface area contributed by atoms with E-state index < -0.39 is 17.7 Å². The monoisotopic (exact) mass is 371 g/mol. The van der Waals surface area contributed by atoms with E-state index >= 15 is 0 Å². The van der Waals surface area contributed by atoms with E-state index in [9.17, 15) is 18.4 Å². The minimum absolute atomic E-state index is 0.131. The van der Waals surface area contributed by atoms with Crippen molar-refractivity contribution in [2.24, 2.45) is 0 Å². The summed E-state index contributed by atoms with van der Waals surface area (Å²) in [6.45, 7) is 1.74. The van der Waals surface area contributed by atoms with Crippen LogP contribution in [0.25, 0.3) is 10.9 Å². The van der Waals surface area contributed by atoms with Gasteiger partial charge in [-0.05, 0) is 36.8 Å². The number of aromatic nitrogens is 2. The maximum Gasteiger partial charge on any atom is 0.258 e. The highest BCUT2D eigenvalue weighted by Crippen LogP contribution is 2.21. The minimum Gasteiger partial charge on any atom is -0.339 e. The number of para-hydroxylation sites is 1. The number of halogens is 2. The molecule has 1 heterocycles. The molecule has 1 N–H and O–H groups in total. The summed E-state index contributed by atoms with van der Waals surface area (Å²) >= 11 is 0. The molecule has 1 amide bonds. The van der Waals surface area contributed by atoms with Gasteiger partial charge in [-0.2, -0.15) is 0 Å². The summed E-state index contributed by atoms with van der Waals surface area (Å²) in [6, 6.07) is 10.2. The number of carbonyl (C=O) groups excluding carboxylic acids is 1. The Kier molecular flexibility index (Phi) is 5.30. The molecule has 140 valence electrons. The number of carbonyl (C=O) groups is 1. The zero-order valence-corrected chi connectivity index (χ0v) is 15.0. The third-order valence-corrected chi connectivity index (χ3v) is 4.64. The molecule has 27 heavy (non-hydrogen) atoms. The molecule has 1 unspecified atom stereocenters. The second kappa shape index (κ2) is 7.65. The summed E-state index contributed by atoms with van der Waals surface area (Å²) in [7, 11) is 1.60. The summed E-state index contributed by atoms with van der Waals surface area (Å²) in [4.78, 5) is 33.1. The zero-order valence-electron chi connectivity index (χ0n) is 15.0. The van der Waals surface area contributed by atoms with Crippen LogP contribution in [0.2, 0.25) is 0 Å². The second-order valence-corrected chi connectivity index (χ2v) is 6.38. The van der Waals surface area contributed by atoms with Gasteiger partial charge in [0.1, 0.15) is 5.82 Å². The van der Waals surface area contributed by atoms with E-state index in [1.165, 1.54) is 11.0 Å². The van der Waals surface area contributed by atoms with Crippen LogP contribution in [0.1, 0.15) is 30.8 Å². The first-order valence-corrected chi connectivity index (χ1v) is 8.55. The number of aromatic amines is 1. The Morgan fingerprint density at radius 2 is 1.93 bits per heavy atom. The first-order chi connectivity index (χ1) is 12.9. The Labute approximate surface area is 154 Å². The Morgan fingerprint density at radius 3 is 2.67 bits per heavy atom. The fourth-order valence-electron chi connectivity index (χ4n) is 2.87. The van der Waals surface area contributed by atoms with Crippen LogP contribution in [0.15, 0.2) is 47.3 Å². The predicted molar refractivity (Wildman–Crippen MR) is 98.2 cm³/mol. The maximum absolute atomic E-state index is 13.4. The summed E-state index contributed by atoms with van der Waals surface area (Å²) in [6.07, 6.45) is 0.402. The number of hydrogen-bond donors (Lipinski definition) is 1. The Balaban J connectivity index is 1.69. The van der Waals surface area contributed by atoms with Gasteiger partial charge < -0.3 is 9.88 Å². The standard InChI is InChI=1S/C20H19F2N3O2/c1-12(13-7-8-15(21)16(22)11-13)25(2)19(26)10-9-18-23-17-6-4-3-5-14(17)20(27)24-18/h3-8,11-12H,9-10H2,1-2H3,(H,23,24,27). The molecule has 7 heteroatoms. The Bertz CT molecular complexity index is 1050. The molecule has 3 rings (SSSR count). The molecule has 5 nitrogen and oxygen atoms in total. The molecule has 1 aromatic heterocycles. The molecular formula is C20H19F2N3O2. The van der Waals surface area contributed by atoms with Crippen LogP contribution in [-0.2, 0) is 11.2 Å². The lowest BCUT2D eigenvalue weighted by Crippen LogP contribution is -2.30. The van der Waals surface area contributed by atoms with E-state index in [1.54, 1.807) is 38.2 Å². The summed E-state index contributed by atoms with van der Waals surface area (Å²) < 4.78 is 26.5. The SMILES string of the molecule is CC(c1ccc(F)c(F)c1)N(C)C(=O)CCc1nc2ccccc2c(=O)[nH]1. The number of H-pyrrole nitrogens is 1. The van der Waals surface area contributed by atoms with E-state index in [2.05, 4.69) is 9.97 Å². The lowest BCUT2D eigenvalue weighted by atomic mass is 10.1. The van der Waals surface area contributed by atoms with Crippen molar-refractivity contribution < 1.29 is 13.6 Å². The van der Waals surface area contributed by atoms with Gasteiger partial charge in [0.15, 0.2) is 11.6 Å². The smallest absolute Gasteiger partial charge is 0.258 e. The summed E-state index contributed by atoms with van der Waals surface area (Å²) in [5, 5.41) is 0.497. The molecule has 0 saturated heterocycles. The van der Waals surface area contributed by atoms with Crippen LogP contribution in [0.4, 0.5) is 8.78 Å². The van der Waals surface area contributed by atoms with Gasteiger partial charge in [-0.1, -0.05) is 18.2 Å². The zero-order chi connectivity index (χ0) is 19.6. The van der Waals surface area contributed by atoms with Crippen LogP contribution < -0.4 is 5.56 Å². The fourth-order valence-corrected chi connectivity index (χ4v) is 2.87. The highest BCUT2D eigenvalue weighted by Gasteiger charge is 2.19. The van der Waals surface area contributed by atoms with E-state index in [0.29, 0.717) is 22.3 Å². The maximum atomic E-state index is 13.4. The molecule has 0 radical (unpaired) electrons. The van der Waals surface area contributed by atoms with Gasteiger partial charge in [0.2, 0.25) is 5.91 Å². The van der Waals surface area contributed by atoms with Gasteiger partial charge in [0.05, 0.1) is 16.9 Å². The average molecular weight is 371 g/mol. The number of amides is 1. The number of nitrogens with zero attached hydrogens (tertiary/aromatic N) is 2. The Morgan fingerprint density at radius 1 is 1.19 bits per heavy atom. The normalized spacial score (nSPS) is 12.1. The summed E-state index contributed by atoms with van der Waals surface area (Å²) in [5.41, 5.74) is 0.834. The van der Waals surface area contributed by atoms with Crippen LogP contribution in [0.3, 0.4) is 0 Å². The Hall–Kier alpha value is -3.09. The van der Waals surface area contributed by atoms with Crippen LogP contribution >= 0.6 is 0 Å². The van der Waals surface area contributed by atoms with Crippen molar-refractivity contribution in [2.75, 3.05) is 7.05 Å². The van der Waals surface area contributed by atoms with E-state index in [1.807, 2.05) is 0 Å². The fraction of sp³-hybridized carbons (Fsp3) is 0.250. The van der Waals surface area contributed by atoms with Crippen molar-refractivity contribution >= 4 is 16.8 Å². The number of aryl methyl sites for hydroxylation is 1. The van der Waals surface area contributed by atoms with Crippen molar-refractivity contribution in [3.8, 4) is 0 Å². The van der Waals surface area contributed by atoms with Gasteiger partial charge in [-0.15, -0.1) is 0 Å². The molecule has 0 saturated carbocycles. The van der Waals surface area contributed by atoms with Crippen molar-refractivity contribution in [3.63, 3.8) is 0 Å². The number of fused-ring (bicyclic) bond motifs is 1. The van der Waals surface area contributed by atoms with Crippen LogP contribution in [0.5, 0.6) is 0 Å². The van der Waals surface area contributed by atoms with E-state index in [-0.39, 0.29) is 24.3 Å². The molecule has 0 bridgehead atoms. The number of nitrogens with one attached hydrogen (secondary N) is 1. The molecule has 0 aliphatic rings. The molecule has 3 aromatic rings. The minimum atomic E-state index is -0.946. The largest absolute Gasteiger partial charge is 0.339 e. The predicted octanol–water partition coefficient (Wildman–Crippen LogP) is 3.35. The van der Waals surface area contributed by atoms with Gasteiger partial charge in [0, 0.05) is 19.9 Å². The topological polar surface area (TPSA) is 66.1 Å². The third kappa shape index (κ3) is 4.02. The van der Waals surface area contributed by atoms with Crippen molar-refractivity contribution in [3.05, 3.63) is 75.8 Å². The van der Waals surface area contributed by atoms with Crippen molar-refractivity contribution in [2.45, 2.75) is 25.8 Å². The van der Waals surface area contributed by atoms with Crippen LogP contribution in [0, 0.1) is 11.6 Å². The lowest BCUT2D eigenvalue weighted by Gasteiger charge is -2.25. The second-order valence-electron chi connectivity index (χ2n) is 6.38. The average Bonchev–Trinajstić information content (AvgIpc) is 2.67. The lowest BCUT2D eigenvalue weighted by molar-refractivity contribution is -0.131. The highest BCUT2D eigenvalue weighted by atomic mass is 19.2. The van der Waals surface area contributed by atoms with Crippen molar-refractivity contribution in [1.82, 2.24) is 14.9 Å². The van der Waals surface area contributed by atoms with Gasteiger partial charge in [-0.25, -0.2) is 13.8 Å². The first kappa shape index (κ1) is 18.7. The number of rotatable bonds is 5. The number of benzene rings is 2. The van der Waals surface area contributed by atoms with Crippen LogP contribution in [-0.4, -0.2) is 27.8 Å². The molecule has 0 aliphatic heterocycles. The van der Waals surface area contributed by atoms with Gasteiger partial charge >= 0.3 is 0 Å². The molecule has 0 spiro atoms. The van der Waals surface area contributed by atoms with Gasteiger partial charge in [-0.3, -0.25) is 9.59 Å². The summed E-state index contributed by atoms with van der Waals surface area (Å²) in [5.74, 6) is -1.63. The molecule has 0 fully saturated rings. The quantitative estimate of drug-likeness (QED) is 0.748. The third-order valence-electron chi connectivity index (χ3n) is 4.64. The van der Waals surface area contributed by atoms with E-state index in [4.69, 9.17) is 0 Å². The molecule has 1 atom stereocenters. The molecular weight excluding hydrogens is 352 g/mol.